The first kappa shape index (κ1) is 26.8. The number of non-ortho nitro benzene ring substituents is 1. The molecule has 2 aliphatic carbocycles. The van der Waals surface area contributed by atoms with Crippen molar-refractivity contribution in [3.63, 3.8) is 0 Å². The van der Waals surface area contributed by atoms with Crippen molar-refractivity contribution in [2.75, 3.05) is 9.80 Å². The minimum Gasteiger partial charge on any atom is -0.508 e. The van der Waals surface area contributed by atoms with Crippen LogP contribution in [0.5, 0.6) is 5.75 Å². The van der Waals surface area contributed by atoms with Crippen LogP contribution in [0.4, 0.5) is 17.1 Å². The van der Waals surface area contributed by atoms with Crippen LogP contribution in [0.1, 0.15) is 31.2 Å². The predicted octanol–water partition coefficient (Wildman–Crippen LogP) is 4.74. The van der Waals surface area contributed by atoms with Gasteiger partial charge in [0.15, 0.2) is 0 Å². The lowest BCUT2D eigenvalue weighted by Gasteiger charge is -2.49. The fraction of sp³-hybridized carbons (Fsp3) is 0.273. The number of para-hydroxylation sites is 1. The number of phenolic OH excluding ortho intramolecular Hbond substituents is 1. The maximum atomic E-state index is 14.3. The van der Waals surface area contributed by atoms with Crippen LogP contribution in [0.3, 0.4) is 0 Å². The SMILES string of the molecule is C[C@@]12C(=O)N(c3ccccc3)C(=O)[C@@H]1C[C@@H]1C(=CC[C@@H]3C(=O)N(c4cccc([N+](=O)[O-])c4)C(=O)[C@@H]31)[C@@H]2c1cccc(O)c1. The summed E-state index contributed by atoms with van der Waals surface area (Å²) in [5, 5.41) is 21.8. The standard InChI is InChI=1S/C33H27N3O7/c1-33-26(30(39)35(32(33)41)19-8-3-2-4-9-19)17-25-23(28(33)18-7-5-12-22(37)15-18)13-14-24-27(25)31(40)34(29(24)38)20-10-6-11-21(16-20)36(42)43/h2-13,15-16,24-28,37H,14,17H2,1H3/t24-,25+,26-,27-,28-,33+/m0/s1. The monoisotopic (exact) mass is 577 g/mol. The van der Waals surface area contributed by atoms with Gasteiger partial charge >= 0.3 is 0 Å². The Morgan fingerprint density at radius 3 is 2.28 bits per heavy atom. The van der Waals surface area contributed by atoms with Gasteiger partial charge in [-0.3, -0.25) is 29.3 Å². The molecule has 2 aliphatic heterocycles. The van der Waals surface area contributed by atoms with Gasteiger partial charge in [0.2, 0.25) is 23.6 Å². The Morgan fingerprint density at radius 1 is 0.837 bits per heavy atom. The molecule has 7 rings (SSSR count). The van der Waals surface area contributed by atoms with E-state index in [4.69, 9.17) is 0 Å². The molecule has 216 valence electrons. The molecular formula is C33H27N3O7. The first-order valence-corrected chi connectivity index (χ1v) is 14.2. The Kier molecular flexibility index (Phi) is 5.88. The number of nitrogens with zero attached hydrogens (tertiary/aromatic N) is 3. The number of rotatable bonds is 4. The maximum absolute atomic E-state index is 14.3. The predicted molar refractivity (Wildman–Crippen MR) is 155 cm³/mol. The summed E-state index contributed by atoms with van der Waals surface area (Å²) in [4.78, 5) is 69.3. The number of fused-ring (bicyclic) bond motifs is 4. The number of amides is 4. The zero-order chi connectivity index (χ0) is 30.2. The lowest BCUT2D eigenvalue weighted by Crippen LogP contribution is -2.48. The summed E-state index contributed by atoms with van der Waals surface area (Å²) in [6.07, 6.45) is 2.36. The van der Waals surface area contributed by atoms with Gasteiger partial charge in [0.05, 0.1) is 39.5 Å². The van der Waals surface area contributed by atoms with Crippen molar-refractivity contribution < 1.29 is 29.2 Å². The zero-order valence-electron chi connectivity index (χ0n) is 23.1. The molecular weight excluding hydrogens is 550 g/mol. The Hall–Kier alpha value is -5.12. The Bertz CT molecular complexity index is 1770. The minimum absolute atomic E-state index is 0.00900. The zero-order valence-corrected chi connectivity index (χ0v) is 23.1. The molecule has 0 radical (unpaired) electrons. The van der Waals surface area contributed by atoms with E-state index in [0.29, 0.717) is 11.3 Å². The van der Waals surface area contributed by atoms with Crippen LogP contribution in [-0.4, -0.2) is 33.7 Å². The molecule has 3 aromatic rings. The number of carbonyl (C=O) groups is 4. The highest BCUT2D eigenvalue weighted by atomic mass is 16.6. The Labute approximate surface area is 246 Å². The fourth-order valence-corrected chi connectivity index (χ4v) is 7.92. The molecule has 6 atom stereocenters. The molecule has 1 saturated carbocycles. The van der Waals surface area contributed by atoms with Crippen molar-refractivity contribution in [1.82, 2.24) is 0 Å². The molecule has 4 amide bonds. The highest BCUT2D eigenvalue weighted by Crippen LogP contribution is 2.63. The first-order chi connectivity index (χ1) is 20.6. The van der Waals surface area contributed by atoms with E-state index in [1.807, 2.05) is 12.1 Å². The van der Waals surface area contributed by atoms with E-state index >= 15 is 0 Å². The van der Waals surface area contributed by atoms with E-state index in [1.54, 1.807) is 49.4 Å². The summed E-state index contributed by atoms with van der Waals surface area (Å²) in [6, 6.07) is 20.8. The largest absolute Gasteiger partial charge is 0.508 e. The minimum atomic E-state index is -1.21. The van der Waals surface area contributed by atoms with Gasteiger partial charge in [0, 0.05) is 18.1 Å². The average molecular weight is 578 g/mol. The second-order valence-corrected chi connectivity index (χ2v) is 11.9. The van der Waals surface area contributed by atoms with Gasteiger partial charge < -0.3 is 5.11 Å². The number of nitro groups is 1. The summed E-state index contributed by atoms with van der Waals surface area (Å²) in [5.41, 5.74) is 0.588. The molecule has 2 saturated heterocycles. The molecule has 4 aliphatic rings. The van der Waals surface area contributed by atoms with Crippen molar-refractivity contribution in [2.45, 2.75) is 25.7 Å². The number of imide groups is 2. The number of carbonyl (C=O) groups excluding carboxylic acids is 4. The highest BCUT2D eigenvalue weighted by molar-refractivity contribution is 6.25. The van der Waals surface area contributed by atoms with Crippen molar-refractivity contribution in [3.8, 4) is 5.75 Å². The van der Waals surface area contributed by atoms with E-state index < -0.39 is 51.7 Å². The molecule has 10 heteroatoms. The van der Waals surface area contributed by atoms with Crippen molar-refractivity contribution in [3.05, 3.63) is 106 Å². The van der Waals surface area contributed by atoms with Gasteiger partial charge in [0.25, 0.3) is 5.69 Å². The number of phenols is 1. The van der Waals surface area contributed by atoms with Gasteiger partial charge in [-0.25, -0.2) is 9.80 Å². The first-order valence-electron chi connectivity index (χ1n) is 14.2. The van der Waals surface area contributed by atoms with E-state index in [2.05, 4.69) is 0 Å². The topological polar surface area (TPSA) is 138 Å². The van der Waals surface area contributed by atoms with Crippen LogP contribution in [0.25, 0.3) is 0 Å². The number of allylic oxidation sites excluding steroid dienone is 2. The number of hydrogen-bond acceptors (Lipinski definition) is 7. The lowest BCUT2D eigenvalue weighted by molar-refractivity contribution is -0.384. The number of benzene rings is 3. The molecule has 3 fully saturated rings. The third-order valence-corrected chi connectivity index (χ3v) is 9.79. The smallest absolute Gasteiger partial charge is 0.271 e. The van der Waals surface area contributed by atoms with Crippen LogP contribution in [0.2, 0.25) is 0 Å². The highest BCUT2D eigenvalue weighted by Gasteiger charge is 2.67. The molecule has 2 heterocycles. The van der Waals surface area contributed by atoms with Crippen LogP contribution in [0.15, 0.2) is 90.5 Å². The van der Waals surface area contributed by atoms with Crippen molar-refractivity contribution >= 4 is 40.7 Å². The van der Waals surface area contributed by atoms with Gasteiger partial charge in [-0.15, -0.1) is 0 Å². The lowest BCUT2D eigenvalue weighted by atomic mass is 9.51. The number of nitro benzene ring substituents is 1. The summed E-state index contributed by atoms with van der Waals surface area (Å²) < 4.78 is 0. The Morgan fingerprint density at radius 2 is 1.56 bits per heavy atom. The quantitative estimate of drug-likeness (QED) is 0.205. The number of hydrogen-bond donors (Lipinski definition) is 1. The average Bonchev–Trinajstić information content (AvgIpc) is 3.37. The summed E-state index contributed by atoms with van der Waals surface area (Å²) >= 11 is 0. The van der Waals surface area contributed by atoms with Gasteiger partial charge in [0.1, 0.15) is 5.75 Å². The molecule has 0 bridgehead atoms. The van der Waals surface area contributed by atoms with Crippen LogP contribution in [0, 0.1) is 39.2 Å². The van der Waals surface area contributed by atoms with Crippen LogP contribution >= 0.6 is 0 Å². The van der Waals surface area contributed by atoms with E-state index in [9.17, 15) is 34.4 Å². The molecule has 0 aromatic heterocycles. The summed E-state index contributed by atoms with van der Waals surface area (Å²) in [7, 11) is 0. The van der Waals surface area contributed by atoms with Gasteiger partial charge in [-0.05, 0) is 61.6 Å². The van der Waals surface area contributed by atoms with E-state index in [-0.39, 0.29) is 41.8 Å². The summed E-state index contributed by atoms with van der Waals surface area (Å²) in [6.45, 7) is 1.79. The second-order valence-electron chi connectivity index (χ2n) is 11.9. The van der Waals surface area contributed by atoms with Gasteiger partial charge in [-0.1, -0.05) is 48.0 Å². The maximum Gasteiger partial charge on any atom is 0.271 e. The van der Waals surface area contributed by atoms with E-state index in [0.717, 1.165) is 10.5 Å². The molecule has 43 heavy (non-hydrogen) atoms. The van der Waals surface area contributed by atoms with Crippen molar-refractivity contribution in [1.29, 1.82) is 0 Å². The Balaban J connectivity index is 1.35. The molecule has 0 spiro atoms. The van der Waals surface area contributed by atoms with E-state index in [1.165, 1.54) is 35.2 Å². The number of anilines is 2. The third-order valence-electron chi connectivity index (χ3n) is 9.79. The second kappa shape index (κ2) is 9.45. The normalized spacial score (nSPS) is 29.7. The van der Waals surface area contributed by atoms with Crippen molar-refractivity contribution in [2.24, 2.45) is 29.1 Å². The molecule has 3 aromatic carbocycles. The third kappa shape index (κ3) is 3.72. The summed E-state index contributed by atoms with van der Waals surface area (Å²) in [5.74, 6) is -5.07. The van der Waals surface area contributed by atoms with Crippen LogP contribution < -0.4 is 9.80 Å². The number of aromatic hydroxyl groups is 1. The fourth-order valence-electron chi connectivity index (χ4n) is 7.92. The molecule has 0 unspecified atom stereocenters. The van der Waals surface area contributed by atoms with Crippen LogP contribution in [-0.2, 0) is 19.2 Å². The molecule has 1 N–H and O–H groups in total. The molecule has 10 nitrogen and oxygen atoms in total. The van der Waals surface area contributed by atoms with Gasteiger partial charge in [-0.2, -0.15) is 0 Å².